The van der Waals surface area contributed by atoms with E-state index in [-0.39, 0.29) is 0 Å². The lowest BCUT2D eigenvalue weighted by Gasteiger charge is -2.27. The van der Waals surface area contributed by atoms with Crippen molar-refractivity contribution in [1.82, 2.24) is 19.7 Å². The van der Waals surface area contributed by atoms with Crippen molar-refractivity contribution in [2.45, 2.75) is 32.7 Å². The van der Waals surface area contributed by atoms with Crippen LogP contribution in [0.2, 0.25) is 0 Å². The number of piperazine rings is 1. The van der Waals surface area contributed by atoms with E-state index in [2.05, 4.69) is 19.7 Å². The molecular formula is C11H26N4O2S. The van der Waals surface area contributed by atoms with Crippen LogP contribution in [0.4, 0.5) is 0 Å². The maximum absolute atomic E-state index is 11.7. The molecule has 0 unspecified atom stereocenters. The second-order valence-electron chi connectivity index (χ2n) is 5.70. The molecule has 0 atom stereocenters. The van der Waals surface area contributed by atoms with E-state index in [0.717, 1.165) is 39.1 Å². The summed E-state index contributed by atoms with van der Waals surface area (Å²) >= 11 is 0. The lowest BCUT2D eigenvalue weighted by molar-refractivity contribution is 0.239. The predicted molar refractivity (Wildman–Crippen MR) is 73.7 cm³/mol. The largest absolute Gasteiger partial charge is 0.314 e. The summed E-state index contributed by atoms with van der Waals surface area (Å²) in [4.78, 5) is 2.35. The summed E-state index contributed by atoms with van der Waals surface area (Å²) in [6, 6.07) is 0. The van der Waals surface area contributed by atoms with Crippen LogP contribution in [-0.4, -0.2) is 58.1 Å². The first-order valence-electron chi connectivity index (χ1n) is 6.50. The number of nitrogens with zero attached hydrogens (tertiary/aromatic N) is 1. The number of rotatable bonds is 6. The first-order chi connectivity index (χ1) is 8.29. The smallest absolute Gasteiger partial charge is 0.277 e. The van der Waals surface area contributed by atoms with Gasteiger partial charge in [0.25, 0.3) is 10.2 Å². The highest BCUT2D eigenvalue weighted by molar-refractivity contribution is 7.87. The van der Waals surface area contributed by atoms with Crippen LogP contribution in [0, 0.1) is 0 Å². The molecule has 3 N–H and O–H groups in total. The van der Waals surface area contributed by atoms with Gasteiger partial charge in [-0.2, -0.15) is 13.1 Å². The molecule has 1 heterocycles. The van der Waals surface area contributed by atoms with Gasteiger partial charge in [0, 0.05) is 38.3 Å². The minimum atomic E-state index is -3.37. The molecule has 0 aromatic heterocycles. The van der Waals surface area contributed by atoms with E-state index in [1.807, 2.05) is 20.8 Å². The average Bonchev–Trinajstić information content (AvgIpc) is 2.23. The third-order valence-electron chi connectivity index (χ3n) is 2.59. The van der Waals surface area contributed by atoms with Crippen molar-refractivity contribution in [2.75, 3.05) is 39.3 Å². The van der Waals surface area contributed by atoms with Gasteiger partial charge >= 0.3 is 0 Å². The Hall–Kier alpha value is -0.210. The van der Waals surface area contributed by atoms with Crippen LogP contribution in [0.25, 0.3) is 0 Å². The molecule has 6 nitrogen and oxygen atoms in total. The third kappa shape index (κ3) is 7.27. The molecule has 0 spiro atoms. The van der Waals surface area contributed by atoms with Gasteiger partial charge in [0.2, 0.25) is 0 Å². The average molecular weight is 278 g/mol. The monoisotopic (exact) mass is 278 g/mol. The molecule has 0 saturated carbocycles. The molecule has 0 bridgehead atoms. The molecule has 0 aromatic rings. The topological polar surface area (TPSA) is 73.5 Å². The molecular weight excluding hydrogens is 252 g/mol. The van der Waals surface area contributed by atoms with Crippen LogP contribution in [-0.2, 0) is 10.2 Å². The Kier molecular flexibility index (Phi) is 6.00. The van der Waals surface area contributed by atoms with Gasteiger partial charge in [-0.05, 0) is 33.7 Å². The predicted octanol–water partition coefficient (Wildman–Crippen LogP) is -0.496. The van der Waals surface area contributed by atoms with E-state index < -0.39 is 15.7 Å². The normalized spacial score (nSPS) is 19.1. The molecule has 0 amide bonds. The fraction of sp³-hybridized carbons (Fsp3) is 1.00. The van der Waals surface area contributed by atoms with Gasteiger partial charge in [-0.3, -0.25) is 0 Å². The Labute approximate surface area is 111 Å². The van der Waals surface area contributed by atoms with Crippen molar-refractivity contribution in [3.8, 4) is 0 Å². The zero-order valence-corrected chi connectivity index (χ0v) is 12.4. The van der Waals surface area contributed by atoms with Crippen LogP contribution in [0.1, 0.15) is 27.2 Å². The van der Waals surface area contributed by atoms with Crippen molar-refractivity contribution in [2.24, 2.45) is 0 Å². The Morgan fingerprint density at radius 1 is 1.22 bits per heavy atom. The second kappa shape index (κ2) is 6.81. The Bertz CT molecular complexity index is 331. The molecule has 0 aliphatic carbocycles. The van der Waals surface area contributed by atoms with E-state index in [0.29, 0.717) is 6.54 Å². The SMILES string of the molecule is CC(C)(C)NS(=O)(=O)NCCCN1CCNCC1. The van der Waals surface area contributed by atoms with Crippen LogP contribution < -0.4 is 14.8 Å². The maximum atomic E-state index is 11.7. The first kappa shape index (κ1) is 15.8. The van der Waals surface area contributed by atoms with E-state index >= 15 is 0 Å². The summed E-state index contributed by atoms with van der Waals surface area (Å²) in [7, 11) is -3.37. The summed E-state index contributed by atoms with van der Waals surface area (Å²) in [5, 5.41) is 3.29. The van der Waals surface area contributed by atoms with Crippen molar-refractivity contribution >= 4 is 10.2 Å². The van der Waals surface area contributed by atoms with Gasteiger partial charge in [-0.25, -0.2) is 4.72 Å². The summed E-state index contributed by atoms with van der Waals surface area (Å²) in [6.45, 7) is 11.1. The molecule has 1 aliphatic heterocycles. The highest BCUT2D eigenvalue weighted by Gasteiger charge is 2.19. The molecule has 0 radical (unpaired) electrons. The summed E-state index contributed by atoms with van der Waals surface area (Å²) in [5.74, 6) is 0. The fourth-order valence-corrected chi connectivity index (χ4v) is 3.17. The number of hydrogen-bond donors (Lipinski definition) is 3. The van der Waals surface area contributed by atoms with E-state index in [1.165, 1.54) is 0 Å². The Balaban J connectivity index is 2.16. The Morgan fingerprint density at radius 3 is 2.39 bits per heavy atom. The van der Waals surface area contributed by atoms with E-state index in [1.54, 1.807) is 0 Å². The second-order valence-corrected chi connectivity index (χ2v) is 7.19. The van der Waals surface area contributed by atoms with E-state index in [9.17, 15) is 8.42 Å². The summed E-state index contributed by atoms with van der Waals surface area (Å²) in [5.41, 5.74) is -0.440. The molecule has 1 fully saturated rings. The van der Waals surface area contributed by atoms with Crippen molar-refractivity contribution < 1.29 is 8.42 Å². The van der Waals surface area contributed by atoms with Crippen LogP contribution >= 0.6 is 0 Å². The summed E-state index contributed by atoms with van der Waals surface area (Å²) in [6.07, 6.45) is 0.838. The lowest BCUT2D eigenvalue weighted by Crippen LogP contribution is -2.48. The minimum Gasteiger partial charge on any atom is -0.314 e. The highest BCUT2D eigenvalue weighted by atomic mass is 32.2. The first-order valence-corrected chi connectivity index (χ1v) is 7.98. The van der Waals surface area contributed by atoms with Gasteiger partial charge in [-0.15, -0.1) is 0 Å². The molecule has 1 aliphatic rings. The molecule has 7 heteroatoms. The number of nitrogens with one attached hydrogen (secondary N) is 3. The van der Waals surface area contributed by atoms with Gasteiger partial charge in [0.15, 0.2) is 0 Å². The van der Waals surface area contributed by atoms with Crippen molar-refractivity contribution in [3.63, 3.8) is 0 Å². The Morgan fingerprint density at radius 2 is 1.83 bits per heavy atom. The quantitative estimate of drug-likeness (QED) is 0.573. The fourth-order valence-electron chi connectivity index (χ4n) is 1.88. The molecule has 0 aromatic carbocycles. The molecule has 18 heavy (non-hydrogen) atoms. The van der Waals surface area contributed by atoms with Gasteiger partial charge < -0.3 is 10.2 Å². The maximum Gasteiger partial charge on any atom is 0.277 e. The van der Waals surface area contributed by atoms with Crippen molar-refractivity contribution in [1.29, 1.82) is 0 Å². The van der Waals surface area contributed by atoms with Gasteiger partial charge in [0.05, 0.1) is 0 Å². The number of hydrogen-bond acceptors (Lipinski definition) is 4. The summed E-state index contributed by atoms with van der Waals surface area (Å²) < 4.78 is 28.4. The zero-order valence-electron chi connectivity index (χ0n) is 11.6. The zero-order chi connectivity index (χ0) is 13.6. The highest BCUT2D eigenvalue weighted by Crippen LogP contribution is 2.00. The minimum absolute atomic E-state index is 0.440. The van der Waals surface area contributed by atoms with Crippen LogP contribution in [0.15, 0.2) is 0 Å². The van der Waals surface area contributed by atoms with E-state index in [4.69, 9.17) is 0 Å². The van der Waals surface area contributed by atoms with Crippen molar-refractivity contribution in [3.05, 3.63) is 0 Å². The van der Waals surface area contributed by atoms with Crippen LogP contribution in [0.3, 0.4) is 0 Å². The molecule has 1 rings (SSSR count). The molecule has 1 saturated heterocycles. The lowest BCUT2D eigenvalue weighted by atomic mass is 10.1. The third-order valence-corrected chi connectivity index (χ3v) is 4.06. The van der Waals surface area contributed by atoms with Gasteiger partial charge in [-0.1, -0.05) is 0 Å². The standard InChI is InChI=1S/C11H26N4O2S/c1-11(2,3)14-18(16,17)13-5-4-8-15-9-6-12-7-10-15/h12-14H,4-10H2,1-3H3. The van der Waals surface area contributed by atoms with Crippen LogP contribution in [0.5, 0.6) is 0 Å². The molecule has 108 valence electrons. The van der Waals surface area contributed by atoms with Gasteiger partial charge in [0.1, 0.15) is 0 Å².